The van der Waals surface area contributed by atoms with Crippen LogP contribution >= 0.6 is 27.9 Å². The van der Waals surface area contributed by atoms with Crippen molar-refractivity contribution in [2.45, 2.75) is 75.1 Å². The van der Waals surface area contributed by atoms with Crippen LogP contribution in [0.25, 0.3) is 11.2 Å². The number of anilines is 2. The van der Waals surface area contributed by atoms with Crippen molar-refractivity contribution in [2.75, 3.05) is 31.2 Å². The number of imidazole rings is 1. The minimum Gasteiger partial charge on any atom is -0.455 e. The SMILES string of the molecule is C=CCCC(=O)C[C@@H](Cc1ccccc1)C(=S)NCC(=O)OC1[C@@H](COP(=O)(O)OC2C[C@H](n3ccc(N)nc3=O)O[C@@H]2COP(=O)(O)O)O[C@@H](n2cnc3c(N)ncnc32)[C@H]1O. The number of rotatable bonds is 21. The molecule has 2 fully saturated rings. The van der Waals surface area contributed by atoms with Gasteiger partial charge in [0.25, 0.3) is 0 Å². The fourth-order valence-corrected chi connectivity index (χ4v) is 8.44. The van der Waals surface area contributed by atoms with E-state index in [9.17, 15) is 43.3 Å². The Balaban J connectivity index is 1.17. The van der Waals surface area contributed by atoms with Crippen LogP contribution in [0.5, 0.6) is 0 Å². The molecule has 4 aromatic rings. The first-order chi connectivity index (χ1) is 29.9. The van der Waals surface area contributed by atoms with Crippen molar-refractivity contribution in [2.24, 2.45) is 5.92 Å². The number of phosphoric acid groups is 2. The first-order valence-electron chi connectivity index (χ1n) is 19.2. The zero-order valence-corrected chi connectivity index (χ0v) is 35.8. The van der Waals surface area contributed by atoms with Crippen molar-refractivity contribution in [3.8, 4) is 0 Å². The van der Waals surface area contributed by atoms with E-state index in [2.05, 4.69) is 36.4 Å². The lowest BCUT2D eigenvalue weighted by Crippen LogP contribution is -2.42. The Morgan fingerprint density at radius 1 is 1.05 bits per heavy atom. The van der Waals surface area contributed by atoms with Crippen molar-refractivity contribution < 1.29 is 66.3 Å². The van der Waals surface area contributed by atoms with Crippen LogP contribution in [0.4, 0.5) is 11.6 Å². The number of nitrogens with one attached hydrogen (secondary N) is 1. The van der Waals surface area contributed by atoms with Crippen LogP contribution in [0.15, 0.2) is 72.7 Å². The number of nitrogen functional groups attached to an aromatic ring is 2. The largest absolute Gasteiger partial charge is 0.472 e. The van der Waals surface area contributed by atoms with Gasteiger partial charge < -0.3 is 50.8 Å². The Labute approximate surface area is 363 Å². The van der Waals surface area contributed by atoms with E-state index in [0.29, 0.717) is 12.8 Å². The molecule has 6 rings (SSSR count). The molecular formula is C36H45N9O15P2S. The number of hydrogen-bond donors (Lipinski definition) is 7. The van der Waals surface area contributed by atoms with Crippen LogP contribution in [-0.4, -0.2) is 116 Å². The van der Waals surface area contributed by atoms with Gasteiger partial charge in [0, 0.05) is 31.4 Å². The molecule has 9 atom stereocenters. The highest BCUT2D eigenvalue weighted by molar-refractivity contribution is 7.80. The van der Waals surface area contributed by atoms with E-state index in [0.717, 1.165) is 16.5 Å². The lowest BCUT2D eigenvalue weighted by atomic mass is 9.92. The zero-order chi connectivity index (χ0) is 45.5. The normalized spacial score (nSPS) is 23.8. The van der Waals surface area contributed by atoms with Crippen LogP contribution in [0.2, 0.25) is 0 Å². The second-order valence-corrected chi connectivity index (χ2v) is 17.5. The number of nitrogens with two attached hydrogens (primary N) is 2. The minimum atomic E-state index is -5.20. The zero-order valence-electron chi connectivity index (χ0n) is 33.2. The maximum absolute atomic E-state index is 13.5. The fourth-order valence-electron chi connectivity index (χ4n) is 6.90. The minimum absolute atomic E-state index is 0.0163. The molecule has 24 nitrogen and oxygen atoms in total. The number of benzene rings is 1. The summed E-state index contributed by atoms with van der Waals surface area (Å²) in [5.41, 5.74) is 11.9. The monoisotopic (exact) mass is 937 g/mol. The summed E-state index contributed by atoms with van der Waals surface area (Å²) in [4.78, 5) is 84.3. The molecule has 2 aliphatic heterocycles. The van der Waals surface area contributed by atoms with Gasteiger partial charge in [-0.15, -0.1) is 6.58 Å². The molecule has 2 aliphatic rings. The molecule has 3 unspecified atom stereocenters. The second-order valence-electron chi connectivity index (χ2n) is 14.4. The number of aromatic nitrogens is 6. The number of ketones is 1. The van der Waals surface area contributed by atoms with Gasteiger partial charge in [0.1, 0.15) is 60.6 Å². The molecule has 0 spiro atoms. The highest BCUT2D eigenvalue weighted by Crippen LogP contribution is 2.50. The van der Waals surface area contributed by atoms with Crippen LogP contribution in [-0.2, 0) is 52.9 Å². The van der Waals surface area contributed by atoms with Gasteiger partial charge in [-0.1, -0.05) is 48.6 Å². The van der Waals surface area contributed by atoms with E-state index in [1.165, 1.54) is 23.2 Å². The first-order valence-corrected chi connectivity index (χ1v) is 22.6. The summed E-state index contributed by atoms with van der Waals surface area (Å²) in [7, 11) is -10.3. The Bertz CT molecular complexity index is 2440. The average Bonchev–Trinajstić information content (AvgIpc) is 3.92. The molecule has 5 heterocycles. The van der Waals surface area contributed by atoms with Crippen molar-refractivity contribution in [1.82, 2.24) is 34.4 Å². The summed E-state index contributed by atoms with van der Waals surface area (Å²) in [5.74, 6) is -1.55. The number of thiocarbonyl (C=S) groups is 1. The summed E-state index contributed by atoms with van der Waals surface area (Å²) in [6, 6.07) is 10.6. The summed E-state index contributed by atoms with van der Waals surface area (Å²) < 4.78 is 60.0. The standard InChI is InChI=1S/C36H45N9O15P2S/c1-2-3-9-22(46)13-21(12-20-7-5-4-6-8-20)34(63)39-15-28(47)59-31-25(58-35(30(31)48)45-19-42-29-32(38)40-18-41-33(29)45)17-56-62(53,54)60-23-14-27(44-11-10-26(37)43-36(44)49)57-24(23)16-55-61(50,51)52/h2,4-8,10-11,18-19,21,23-25,27,30-31,35,48H,1,3,9,12-17H2,(H,39,63)(H,53,54)(H2,37,43,49)(H2,38,40,41)(H2,50,51,52)/t21-,23?,24-,25-,27-,30+,31?,35-/m1/s1. The number of aliphatic hydroxyl groups is 1. The molecule has 340 valence electrons. The Hall–Kier alpha value is -4.88. The molecule has 1 aromatic carbocycles. The summed E-state index contributed by atoms with van der Waals surface area (Å²) in [6.07, 6.45) is -4.06. The van der Waals surface area contributed by atoms with Crippen LogP contribution < -0.4 is 22.5 Å². The van der Waals surface area contributed by atoms with Gasteiger partial charge >= 0.3 is 27.3 Å². The number of Topliss-reactive ketones (excluding diaryl/α,β-unsaturated/α-hetero) is 1. The summed E-state index contributed by atoms with van der Waals surface area (Å²) in [6.45, 7) is 1.44. The second kappa shape index (κ2) is 20.7. The number of allylic oxidation sites excluding steroid dienone is 1. The van der Waals surface area contributed by atoms with E-state index in [4.69, 9.17) is 46.9 Å². The molecule has 0 bridgehead atoms. The summed E-state index contributed by atoms with van der Waals surface area (Å²) in [5, 5.41) is 14.5. The number of nitrogens with zero attached hydrogens (tertiary/aromatic N) is 6. The molecule has 0 saturated carbocycles. The maximum atomic E-state index is 13.5. The number of carbonyl (C=O) groups is 2. The van der Waals surface area contributed by atoms with E-state index in [-0.39, 0.29) is 52.8 Å². The van der Waals surface area contributed by atoms with Crippen LogP contribution in [0.3, 0.4) is 0 Å². The maximum Gasteiger partial charge on any atom is 0.472 e. The van der Waals surface area contributed by atoms with Gasteiger partial charge in [0.2, 0.25) is 0 Å². The molecule has 0 amide bonds. The van der Waals surface area contributed by atoms with Gasteiger partial charge in [-0.05, 0) is 24.5 Å². The van der Waals surface area contributed by atoms with Gasteiger partial charge in [-0.3, -0.25) is 32.3 Å². The third-order valence-electron chi connectivity index (χ3n) is 9.86. The van der Waals surface area contributed by atoms with Gasteiger partial charge in [0.15, 0.2) is 23.8 Å². The molecular weight excluding hydrogens is 892 g/mol. The lowest BCUT2D eigenvalue weighted by molar-refractivity contribution is -0.155. The Morgan fingerprint density at radius 2 is 1.79 bits per heavy atom. The smallest absolute Gasteiger partial charge is 0.455 e. The number of aliphatic hydroxyl groups excluding tert-OH is 1. The van der Waals surface area contributed by atoms with Crippen molar-refractivity contribution in [3.05, 3.63) is 84.0 Å². The van der Waals surface area contributed by atoms with E-state index in [1.807, 2.05) is 30.3 Å². The topological polar surface area (TPSA) is 347 Å². The quantitative estimate of drug-likeness (QED) is 0.0265. The number of carbonyl (C=O) groups excluding carboxylic acids is 2. The predicted molar refractivity (Wildman–Crippen MR) is 223 cm³/mol. The fraction of sp³-hybridized carbons (Fsp3) is 0.444. The molecule has 0 radical (unpaired) electrons. The van der Waals surface area contributed by atoms with Crippen molar-refractivity contribution in [1.29, 1.82) is 0 Å². The van der Waals surface area contributed by atoms with E-state index in [1.54, 1.807) is 6.08 Å². The van der Waals surface area contributed by atoms with Crippen molar-refractivity contribution in [3.63, 3.8) is 0 Å². The molecule has 27 heteroatoms. The van der Waals surface area contributed by atoms with Gasteiger partial charge in [-0.25, -0.2) is 28.9 Å². The first kappa shape index (κ1) is 47.6. The van der Waals surface area contributed by atoms with Gasteiger partial charge in [0.05, 0.1) is 24.5 Å². The molecule has 2 saturated heterocycles. The van der Waals surface area contributed by atoms with Crippen LogP contribution in [0, 0.1) is 5.92 Å². The van der Waals surface area contributed by atoms with Gasteiger partial charge in [-0.2, -0.15) is 4.98 Å². The average molecular weight is 938 g/mol. The molecule has 63 heavy (non-hydrogen) atoms. The van der Waals surface area contributed by atoms with E-state index < -0.39 is 96.0 Å². The number of fused-ring (bicyclic) bond motifs is 1. The number of esters is 1. The Morgan fingerprint density at radius 3 is 2.51 bits per heavy atom. The third kappa shape index (κ3) is 12.7. The molecule has 9 N–H and O–H groups in total. The van der Waals surface area contributed by atoms with Crippen molar-refractivity contribution >= 4 is 67.4 Å². The van der Waals surface area contributed by atoms with E-state index >= 15 is 0 Å². The lowest BCUT2D eigenvalue weighted by Gasteiger charge is -2.24. The molecule has 0 aliphatic carbocycles. The number of hydrogen-bond acceptors (Lipinski definition) is 19. The predicted octanol–water partition coefficient (Wildman–Crippen LogP) is 1.02. The third-order valence-corrected chi connectivity index (χ3v) is 11.8. The van der Waals surface area contributed by atoms with Crippen LogP contribution in [0.1, 0.15) is 43.7 Å². The highest BCUT2D eigenvalue weighted by Gasteiger charge is 2.50. The number of ether oxygens (including phenoxy) is 3. The number of phosphoric ester groups is 2. The molecule has 3 aromatic heterocycles. The Kier molecular flexibility index (Phi) is 15.7. The summed E-state index contributed by atoms with van der Waals surface area (Å²) >= 11 is 5.64. The highest BCUT2D eigenvalue weighted by atomic mass is 32.1.